The molecule has 1 saturated carbocycles. The van der Waals surface area contributed by atoms with E-state index in [1.54, 1.807) is 4.90 Å². The Morgan fingerprint density at radius 1 is 0.978 bits per heavy atom. The number of sulfonamides is 1. The summed E-state index contributed by atoms with van der Waals surface area (Å²) in [7, 11) is -2.10. The Morgan fingerprint density at radius 3 is 2.38 bits per heavy atom. The van der Waals surface area contributed by atoms with E-state index >= 15 is 0 Å². The number of piperidine rings is 1. The highest BCUT2D eigenvalue weighted by molar-refractivity contribution is 7.88. The summed E-state index contributed by atoms with van der Waals surface area (Å²) in [6.45, 7) is 1.62. The summed E-state index contributed by atoms with van der Waals surface area (Å²) in [6.07, 6.45) is 6.09. The molecule has 2 N–H and O–H groups in total. The number of hydrogen-bond acceptors (Lipinski definition) is 9. The van der Waals surface area contributed by atoms with Gasteiger partial charge in [0, 0.05) is 31.6 Å². The minimum absolute atomic E-state index is 0.00282. The van der Waals surface area contributed by atoms with Crippen LogP contribution in [0.3, 0.4) is 0 Å². The molecule has 45 heavy (non-hydrogen) atoms. The van der Waals surface area contributed by atoms with E-state index in [0.29, 0.717) is 39.0 Å². The number of rotatable bonds is 11. The highest BCUT2D eigenvalue weighted by atomic mass is 32.2. The van der Waals surface area contributed by atoms with Crippen LogP contribution in [0.15, 0.2) is 24.3 Å². The van der Waals surface area contributed by atoms with Gasteiger partial charge in [-0.1, -0.05) is 50.3 Å². The Balaban J connectivity index is 1.36. The van der Waals surface area contributed by atoms with Crippen molar-refractivity contribution in [2.45, 2.75) is 88.9 Å². The number of ether oxygens (including phenoxy) is 3. The summed E-state index contributed by atoms with van der Waals surface area (Å²) in [6, 6.07) is 5.48. The van der Waals surface area contributed by atoms with Gasteiger partial charge >= 0.3 is 12.1 Å². The van der Waals surface area contributed by atoms with E-state index in [0.717, 1.165) is 49.7 Å². The van der Waals surface area contributed by atoms with Crippen LogP contribution >= 0.6 is 0 Å². The number of para-hydroxylation sites is 1. The molecule has 1 aromatic rings. The number of fused-ring (bicyclic) bond motifs is 1. The van der Waals surface area contributed by atoms with Crippen LogP contribution in [0.2, 0.25) is 0 Å². The van der Waals surface area contributed by atoms with Crippen LogP contribution in [0.5, 0.6) is 5.75 Å². The largest absolute Gasteiger partial charge is 0.491 e. The average Bonchev–Trinajstić information content (AvgIpc) is 3.25. The maximum absolute atomic E-state index is 13.6. The molecule has 0 radical (unpaired) electrons. The van der Waals surface area contributed by atoms with Crippen molar-refractivity contribution >= 4 is 33.9 Å². The van der Waals surface area contributed by atoms with Crippen molar-refractivity contribution in [3.05, 3.63) is 29.8 Å². The van der Waals surface area contributed by atoms with Gasteiger partial charge in [-0.3, -0.25) is 9.59 Å². The summed E-state index contributed by atoms with van der Waals surface area (Å²) < 4.78 is 41.2. The van der Waals surface area contributed by atoms with Crippen molar-refractivity contribution < 1.29 is 41.8 Å². The molecule has 1 aromatic carbocycles. The quantitative estimate of drug-likeness (QED) is 0.343. The number of esters is 1. The van der Waals surface area contributed by atoms with Crippen LogP contribution in [0, 0.1) is 5.92 Å². The Hall–Kier alpha value is -3.39. The fourth-order valence-electron chi connectivity index (χ4n) is 6.23. The van der Waals surface area contributed by atoms with Gasteiger partial charge in [0.25, 0.3) is 0 Å². The van der Waals surface area contributed by atoms with Crippen LogP contribution in [-0.4, -0.2) is 99.3 Å². The highest BCUT2D eigenvalue weighted by Crippen LogP contribution is 2.28. The molecule has 14 heteroatoms. The monoisotopic (exact) mass is 650 g/mol. The molecule has 1 saturated heterocycles. The fraction of sp³-hybridized carbons (Fsp3) is 0.677. The molecule has 3 aliphatic rings. The number of carbonyl (C=O) groups excluding carboxylic acids is 4. The van der Waals surface area contributed by atoms with E-state index in [1.807, 2.05) is 24.3 Å². The molecule has 1 aliphatic carbocycles. The minimum atomic E-state index is -3.32. The zero-order valence-electron chi connectivity index (χ0n) is 26.2. The Morgan fingerprint density at radius 2 is 1.69 bits per heavy atom. The maximum atomic E-state index is 13.6. The molecule has 13 nitrogen and oxygen atoms in total. The lowest BCUT2D eigenvalue weighted by Gasteiger charge is -2.31. The summed E-state index contributed by atoms with van der Waals surface area (Å²) >= 11 is 0. The summed E-state index contributed by atoms with van der Waals surface area (Å²) in [5, 5.41) is 5.42. The number of amides is 3. The average molecular weight is 651 g/mol. The predicted octanol–water partition coefficient (Wildman–Crippen LogP) is 2.33. The molecule has 2 heterocycles. The van der Waals surface area contributed by atoms with Gasteiger partial charge in [0.2, 0.25) is 21.8 Å². The number of benzene rings is 1. The molecule has 0 unspecified atom stereocenters. The number of methoxy groups -OCH3 is 1. The minimum Gasteiger partial charge on any atom is -0.491 e. The lowest BCUT2D eigenvalue weighted by Crippen LogP contribution is -2.53. The van der Waals surface area contributed by atoms with E-state index in [1.165, 1.54) is 11.4 Å². The first-order valence-electron chi connectivity index (χ1n) is 15.8. The normalized spacial score (nSPS) is 19.6. The number of nitrogens with zero attached hydrogens (tertiary/aromatic N) is 2. The molecular formula is C31H46N4O9S. The molecule has 4 rings (SSSR count). The molecule has 3 amide bonds. The molecule has 250 valence electrons. The van der Waals surface area contributed by atoms with Crippen molar-refractivity contribution in [2.75, 3.05) is 39.6 Å². The number of nitrogens with one attached hydrogen (secondary N) is 2. The summed E-state index contributed by atoms with van der Waals surface area (Å²) in [5.41, 5.74) is 0.894. The van der Waals surface area contributed by atoms with E-state index in [-0.39, 0.29) is 37.8 Å². The van der Waals surface area contributed by atoms with Gasteiger partial charge in [0.15, 0.2) is 0 Å². The second-order valence-corrected chi connectivity index (χ2v) is 14.1. The first-order chi connectivity index (χ1) is 21.5. The lowest BCUT2D eigenvalue weighted by atomic mass is 9.84. The first kappa shape index (κ1) is 34.5. The van der Waals surface area contributed by atoms with Crippen molar-refractivity contribution in [1.29, 1.82) is 0 Å². The third kappa shape index (κ3) is 10.3. The summed E-state index contributed by atoms with van der Waals surface area (Å²) in [5.74, 6) is -0.455. The Labute approximate surface area is 265 Å². The SMILES string of the molecule is COC(=O)[C@H](CCC(=O)N1CCOc2ccccc2C1)NC(=O)[C@H](CC1CCCCC1)NC(=O)OC1CCN(S(C)(=O)=O)CC1. The van der Waals surface area contributed by atoms with E-state index in [2.05, 4.69) is 10.6 Å². The van der Waals surface area contributed by atoms with Crippen LogP contribution in [-0.2, 0) is 40.4 Å². The Kier molecular flexibility index (Phi) is 12.5. The number of hydrogen-bond donors (Lipinski definition) is 2. The van der Waals surface area contributed by atoms with Gasteiger partial charge in [0.05, 0.1) is 19.9 Å². The topological polar surface area (TPSA) is 161 Å². The van der Waals surface area contributed by atoms with Crippen molar-refractivity contribution in [2.24, 2.45) is 5.92 Å². The van der Waals surface area contributed by atoms with Gasteiger partial charge in [0.1, 0.15) is 30.5 Å². The van der Waals surface area contributed by atoms with E-state index in [4.69, 9.17) is 14.2 Å². The first-order valence-corrected chi connectivity index (χ1v) is 17.7. The maximum Gasteiger partial charge on any atom is 0.408 e. The highest BCUT2D eigenvalue weighted by Gasteiger charge is 2.33. The van der Waals surface area contributed by atoms with Crippen LogP contribution < -0.4 is 15.4 Å². The zero-order valence-corrected chi connectivity index (χ0v) is 27.0. The number of alkyl carbamates (subject to hydrolysis) is 1. The van der Waals surface area contributed by atoms with Gasteiger partial charge in [-0.25, -0.2) is 22.3 Å². The van der Waals surface area contributed by atoms with Gasteiger partial charge in [-0.05, 0) is 37.7 Å². The molecule has 0 aromatic heterocycles. The van der Waals surface area contributed by atoms with Crippen LogP contribution in [0.4, 0.5) is 4.79 Å². The van der Waals surface area contributed by atoms with Crippen LogP contribution in [0.1, 0.15) is 69.8 Å². The van der Waals surface area contributed by atoms with Crippen LogP contribution in [0.25, 0.3) is 0 Å². The standard InChI is InChI=1S/C31H46N4O9S/c1-42-30(38)25(12-13-28(36)34-18-19-43-27-11-7-6-10-23(27)21-34)32-29(37)26(20-22-8-4-3-5-9-22)33-31(39)44-24-14-16-35(17-15-24)45(2,40)41/h6-7,10-11,22,24-26H,3-5,8-9,12-21H2,1-2H3,(H,32,37)(H,33,39)/t25-,26-/m0/s1. The molecule has 0 bridgehead atoms. The van der Waals surface area contributed by atoms with Gasteiger partial charge < -0.3 is 29.7 Å². The molecule has 0 spiro atoms. The van der Waals surface area contributed by atoms with Crippen molar-refractivity contribution in [1.82, 2.24) is 19.8 Å². The van der Waals surface area contributed by atoms with Gasteiger partial charge in [-0.2, -0.15) is 0 Å². The van der Waals surface area contributed by atoms with Crippen molar-refractivity contribution in [3.8, 4) is 5.75 Å². The molecule has 2 fully saturated rings. The molecule has 2 aliphatic heterocycles. The Bertz CT molecular complexity index is 1290. The second-order valence-electron chi connectivity index (χ2n) is 12.1. The van der Waals surface area contributed by atoms with E-state index < -0.39 is 46.2 Å². The number of carbonyl (C=O) groups is 4. The van der Waals surface area contributed by atoms with E-state index in [9.17, 15) is 27.6 Å². The smallest absolute Gasteiger partial charge is 0.408 e. The molecular weight excluding hydrogens is 604 g/mol. The second kappa shape index (κ2) is 16.3. The summed E-state index contributed by atoms with van der Waals surface area (Å²) in [4.78, 5) is 54.1. The fourth-order valence-corrected chi connectivity index (χ4v) is 7.10. The molecule has 2 atom stereocenters. The third-order valence-electron chi connectivity index (χ3n) is 8.80. The predicted molar refractivity (Wildman–Crippen MR) is 165 cm³/mol. The third-order valence-corrected chi connectivity index (χ3v) is 10.1. The lowest BCUT2D eigenvalue weighted by molar-refractivity contribution is -0.146. The van der Waals surface area contributed by atoms with Gasteiger partial charge in [-0.15, -0.1) is 0 Å². The van der Waals surface area contributed by atoms with Crippen molar-refractivity contribution in [3.63, 3.8) is 0 Å². The zero-order chi connectivity index (χ0) is 32.4.